The van der Waals surface area contributed by atoms with Crippen LogP contribution in [0.5, 0.6) is 0 Å². The molecule has 4 nitrogen and oxygen atoms in total. The molecule has 2 aromatic rings. The number of nitrogen functional groups attached to an aromatic ring is 1. The highest BCUT2D eigenvalue weighted by Crippen LogP contribution is 2.27. The number of alkyl halides is 2. The van der Waals surface area contributed by atoms with Gasteiger partial charge in [-0.25, -0.2) is 24.6 Å². The molecule has 112 valence electrons. The monoisotopic (exact) mass is 292 g/mol. The van der Waals surface area contributed by atoms with Crippen LogP contribution in [0.15, 0.2) is 30.3 Å². The fourth-order valence-electron chi connectivity index (χ4n) is 1.81. The van der Waals surface area contributed by atoms with Crippen LogP contribution in [0, 0.1) is 0 Å². The molecular weight excluding hydrogens is 274 g/mol. The van der Waals surface area contributed by atoms with Gasteiger partial charge in [-0.1, -0.05) is 45.0 Å². The molecule has 0 aliphatic carbocycles. The topological polar surface area (TPSA) is 63.8 Å². The summed E-state index contributed by atoms with van der Waals surface area (Å²) in [6.07, 6.45) is -2.48. The molecule has 2 rings (SSSR count). The minimum absolute atomic E-state index is 0.0251. The van der Waals surface area contributed by atoms with Crippen LogP contribution in [0.25, 0.3) is 11.4 Å². The predicted octanol–water partition coefficient (Wildman–Crippen LogP) is 3.66. The van der Waals surface area contributed by atoms with Crippen molar-refractivity contribution >= 4 is 5.82 Å². The van der Waals surface area contributed by atoms with Crippen LogP contribution in [0.4, 0.5) is 14.6 Å². The average molecular weight is 292 g/mol. The Hall–Kier alpha value is -2.08. The largest absolute Gasteiger partial charge is 0.308 e. The highest BCUT2D eigenvalue weighted by molar-refractivity contribution is 5.58. The van der Waals surface area contributed by atoms with E-state index in [1.54, 1.807) is 18.2 Å². The maximum atomic E-state index is 12.6. The van der Waals surface area contributed by atoms with Gasteiger partial charge in [0, 0.05) is 22.6 Å². The summed E-state index contributed by atoms with van der Waals surface area (Å²) in [5.41, 5.74) is 3.80. The predicted molar refractivity (Wildman–Crippen MR) is 78.9 cm³/mol. The van der Waals surface area contributed by atoms with E-state index in [0.29, 0.717) is 17.2 Å². The third-order valence-electron chi connectivity index (χ3n) is 3.06. The fourth-order valence-corrected chi connectivity index (χ4v) is 1.81. The molecule has 3 N–H and O–H groups in total. The first kappa shape index (κ1) is 15.3. The van der Waals surface area contributed by atoms with E-state index in [9.17, 15) is 8.78 Å². The van der Waals surface area contributed by atoms with Crippen molar-refractivity contribution < 1.29 is 8.78 Å². The number of rotatable bonds is 3. The van der Waals surface area contributed by atoms with E-state index in [2.05, 4.69) is 15.4 Å². The lowest BCUT2D eigenvalue weighted by Gasteiger charge is -2.19. The van der Waals surface area contributed by atoms with Gasteiger partial charge in [0.05, 0.1) is 5.69 Å². The van der Waals surface area contributed by atoms with Crippen LogP contribution in [0.1, 0.15) is 38.5 Å². The SMILES string of the molecule is CC(C)(C)c1cc(NN)nc(-c2ccc(C(F)F)cc2)n1. The Balaban J connectivity index is 2.47. The smallest absolute Gasteiger partial charge is 0.263 e. The van der Waals surface area contributed by atoms with Crippen molar-refractivity contribution in [3.63, 3.8) is 0 Å². The van der Waals surface area contributed by atoms with Crippen molar-refractivity contribution in [2.24, 2.45) is 5.84 Å². The van der Waals surface area contributed by atoms with E-state index in [1.165, 1.54) is 12.1 Å². The van der Waals surface area contributed by atoms with Crippen LogP contribution < -0.4 is 11.3 Å². The first-order valence-electron chi connectivity index (χ1n) is 6.56. The molecule has 0 aliphatic rings. The molecule has 0 amide bonds. The average Bonchev–Trinajstić information content (AvgIpc) is 2.46. The second-order valence-electron chi connectivity index (χ2n) is 5.78. The molecule has 1 aromatic heterocycles. The molecule has 21 heavy (non-hydrogen) atoms. The van der Waals surface area contributed by atoms with E-state index in [4.69, 9.17) is 5.84 Å². The van der Waals surface area contributed by atoms with Crippen molar-refractivity contribution in [1.29, 1.82) is 0 Å². The van der Waals surface area contributed by atoms with Crippen LogP contribution in [-0.4, -0.2) is 9.97 Å². The molecule has 0 atom stereocenters. The number of hydrazine groups is 1. The summed E-state index contributed by atoms with van der Waals surface area (Å²) in [6, 6.07) is 7.70. The lowest BCUT2D eigenvalue weighted by molar-refractivity contribution is 0.151. The maximum Gasteiger partial charge on any atom is 0.263 e. The third kappa shape index (κ3) is 3.52. The lowest BCUT2D eigenvalue weighted by atomic mass is 9.92. The number of nitrogens with two attached hydrogens (primary N) is 1. The molecule has 0 radical (unpaired) electrons. The van der Waals surface area contributed by atoms with Crippen LogP contribution in [0.2, 0.25) is 0 Å². The molecular formula is C15H18F2N4. The normalized spacial score (nSPS) is 11.8. The van der Waals surface area contributed by atoms with Crippen LogP contribution in [0.3, 0.4) is 0 Å². The van der Waals surface area contributed by atoms with Gasteiger partial charge in [-0.2, -0.15) is 0 Å². The van der Waals surface area contributed by atoms with E-state index < -0.39 is 6.43 Å². The lowest BCUT2D eigenvalue weighted by Crippen LogP contribution is -2.17. The second-order valence-corrected chi connectivity index (χ2v) is 5.78. The Morgan fingerprint density at radius 1 is 1.10 bits per heavy atom. The number of benzene rings is 1. The van der Waals surface area contributed by atoms with Gasteiger partial charge in [-0.05, 0) is 0 Å². The summed E-state index contributed by atoms with van der Waals surface area (Å²) in [6.45, 7) is 6.08. The maximum absolute atomic E-state index is 12.6. The van der Waals surface area contributed by atoms with E-state index in [1.807, 2.05) is 20.8 Å². The minimum Gasteiger partial charge on any atom is -0.308 e. The Morgan fingerprint density at radius 3 is 2.19 bits per heavy atom. The number of hydrogen-bond acceptors (Lipinski definition) is 4. The van der Waals surface area contributed by atoms with Crippen molar-refractivity contribution in [3.8, 4) is 11.4 Å². The molecule has 6 heteroatoms. The summed E-state index contributed by atoms with van der Waals surface area (Å²) >= 11 is 0. The zero-order valence-corrected chi connectivity index (χ0v) is 12.2. The van der Waals surface area contributed by atoms with Gasteiger partial charge in [0.1, 0.15) is 5.82 Å². The quantitative estimate of drug-likeness (QED) is 0.669. The molecule has 0 aliphatic heterocycles. The van der Waals surface area contributed by atoms with Gasteiger partial charge in [0.25, 0.3) is 6.43 Å². The number of anilines is 1. The fraction of sp³-hybridized carbons (Fsp3) is 0.333. The number of hydrogen-bond donors (Lipinski definition) is 2. The Kier molecular flexibility index (Phi) is 4.18. The molecule has 0 unspecified atom stereocenters. The number of nitrogens with one attached hydrogen (secondary N) is 1. The molecule has 1 aromatic carbocycles. The Labute approximate surface area is 122 Å². The summed E-state index contributed by atoms with van der Waals surface area (Å²) < 4.78 is 25.2. The molecule has 0 fully saturated rings. The van der Waals surface area contributed by atoms with Crippen molar-refractivity contribution in [2.45, 2.75) is 32.6 Å². The third-order valence-corrected chi connectivity index (χ3v) is 3.06. The zero-order chi connectivity index (χ0) is 15.6. The zero-order valence-electron chi connectivity index (χ0n) is 12.2. The van der Waals surface area contributed by atoms with Gasteiger partial charge in [0.15, 0.2) is 5.82 Å². The van der Waals surface area contributed by atoms with Crippen LogP contribution >= 0.6 is 0 Å². The van der Waals surface area contributed by atoms with Gasteiger partial charge < -0.3 is 5.43 Å². The van der Waals surface area contributed by atoms with Crippen molar-refractivity contribution in [3.05, 3.63) is 41.6 Å². The van der Waals surface area contributed by atoms with Crippen molar-refractivity contribution in [2.75, 3.05) is 5.43 Å². The molecule has 0 bridgehead atoms. The van der Waals surface area contributed by atoms with Gasteiger partial charge in [-0.3, -0.25) is 0 Å². The van der Waals surface area contributed by atoms with E-state index in [-0.39, 0.29) is 11.0 Å². The van der Waals surface area contributed by atoms with Crippen LogP contribution in [-0.2, 0) is 5.41 Å². The molecule has 0 saturated heterocycles. The highest BCUT2D eigenvalue weighted by Gasteiger charge is 2.18. The number of nitrogens with zero attached hydrogens (tertiary/aromatic N) is 2. The van der Waals surface area contributed by atoms with E-state index in [0.717, 1.165) is 5.69 Å². The van der Waals surface area contributed by atoms with Gasteiger partial charge in [-0.15, -0.1) is 0 Å². The summed E-state index contributed by atoms with van der Waals surface area (Å²) in [5, 5.41) is 0. The minimum atomic E-state index is -2.48. The van der Waals surface area contributed by atoms with Gasteiger partial charge >= 0.3 is 0 Å². The Morgan fingerprint density at radius 2 is 1.71 bits per heavy atom. The van der Waals surface area contributed by atoms with Crippen molar-refractivity contribution in [1.82, 2.24) is 9.97 Å². The Bertz CT molecular complexity index is 619. The first-order chi connectivity index (χ1) is 9.81. The van der Waals surface area contributed by atoms with E-state index >= 15 is 0 Å². The first-order valence-corrected chi connectivity index (χ1v) is 6.56. The molecule has 1 heterocycles. The number of aromatic nitrogens is 2. The summed E-state index contributed by atoms with van der Waals surface area (Å²) in [7, 11) is 0. The van der Waals surface area contributed by atoms with Gasteiger partial charge in [0.2, 0.25) is 0 Å². The second kappa shape index (κ2) is 5.73. The standard InChI is InChI=1S/C15H18F2N4/c1-15(2,3)11-8-12(21-18)20-14(19-11)10-6-4-9(5-7-10)13(16)17/h4-8,13H,18H2,1-3H3,(H,19,20,21). The number of halogens is 2. The molecule has 0 saturated carbocycles. The molecule has 0 spiro atoms. The summed E-state index contributed by atoms with van der Waals surface area (Å²) in [5.74, 6) is 6.38. The summed E-state index contributed by atoms with van der Waals surface area (Å²) in [4.78, 5) is 8.78. The highest BCUT2D eigenvalue weighted by atomic mass is 19.3.